The number of hydrogen-bond acceptors (Lipinski definition) is 4. The molecule has 1 heterocycles. The van der Waals surface area contributed by atoms with Crippen molar-refractivity contribution in [3.05, 3.63) is 0 Å². The molecular weight excluding hydrogens is 224 g/mol. The number of methoxy groups -OCH3 is 1. The molecule has 0 radical (unpaired) electrons. The number of carboxylic acid groups (broad SMARTS) is 1. The molecule has 1 rings (SSSR count). The fourth-order valence-electron chi connectivity index (χ4n) is 2.03. The number of amides is 1. The zero-order valence-electron chi connectivity index (χ0n) is 10.1. The van der Waals surface area contributed by atoms with E-state index < -0.39 is 18.1 Å². The summed E-state index contributed by atoms with van der Waals surface area (Å²) in [7, 11) is 1.54. The Morgan fingerprint density at radius 2 is 2.24 bits per heavy atom. The van der Waals surface area contributed by atoms with E-state index in [9.17, 15) is 9.59 Å². The molecule has 0 saturated carbocycles. The van der Waals surface area contributed by atoms with Gasteiger partial charge in [0.1, 0.15) is 6.04 Å². The third kappa shape index (κ3) is 3.67. The number of carbonyl (C=O) groups is 2. The highest BCUT2D eigenvalue weighted by molar-refractivity contribution is 5.87. The molecule has 98 valence electrons. The smallest absolute Gasteiger partial charge is 0.326 e. The Hall–Kier alpha value is -1.14. The second kappa shape index (κ2) is 6.56. The van der Waals surface area contributed by atoms with Gasteiger partial charge in [-0.05, 0) is 25.7 Å². The summed E-state index contributed by atoms with van der Waals surface area (Å²) in [6.45, 7) is 0.884. The van der Waals surface area contributed by atoms with Crippen LogP contribution in [0.2, 0.25) is 0 Å². The number of hydrogen-bond donors (Lipinski definition) is 2. The first kappa shape index (κ1) is 13.9. The summed E-state index contributed by atoms with van der Waals surface area (Å²) in [5, 5.41) is 9.06. The number of nitrogens with zero attached hydrogens (tertiary/aromatic N) is 1. The highest BCUT2D eigenvalue weighted by atomic mass is 16.5. The molecule has 1 amide bonds. The van der Waals surface area contributed by atoms with Crippen LogP contribution in [-0.4, -0.2) is 54.2 Å². The summed E-state index contributed by atoms with van der Waals surface area (Å²) >= 11 is 0. The first-order valence-corrected chi connectivity index (χ1v) is 5.85. The Labute approximate surface area is 101 Å². The molecule has 1 aliphatic rings. The normalized spacial score (nSPS) is 22.2. The Kier molecular flexibility index (Phi) is 5.37. The van der Waals surface area contributed by atoms with E-state index in [4.69, 9.17) is 15.6 Å². The van der Waals surface area contributed by atoms with Crippen molar-refractivity contribution in [2.75, 3.05) is 20.3 Å². The van der Waals surface area contributed by atoms with Gasteiger partial charge in [0, 0.05) is 20.3 Å². The zero-order chi connectivity index (χ0) is 12.8. The Morgan fingerprint density at radius 3 is 2.82 bits per heavy atom. The molecule has 0 spiro atoms. The number of likely N-dealkylation sites (tertiary alicyclic amines) is 1. The highest BCUT2D eigenvalue weighted by Gasteiger charge is 2.33. The number of aliphatic carboxylic acids is 1. The SMILES string of the molecule is COCCC(N)C(=O)N1CCCC[C@@H]1C(=O)O. The lowest BCUT2D eigenvalue weighted by Crippen LogP contribution is -2.53. The standard InChI is InChI=1S/C11H20N2O4/c1-17-7-5-8(12)10(14)13-6-3-2-4-9(13)11(15)16/h8-9H,2-7,12H2,1H3,(H,15,16)/t8?,9-/m1/s1. The van der Waals surface area contributed by atoms with Crippen LogP contribution in [0.1, 0.15) is 25.7 Å². The van der Waals surface area contributed by atoms with E-state index in [1.165, 1.54) is 12.0 Å². The van der Waals surface area contributed by atoms with Gasteiger partial charge in [0.2, 0.25) is 5.91 Å². The van der Waals surface area contributed by atoms with E-state index in [1.54, 1.807) is 0 Å². The van der Waals surface area contributed by atoms with Crippen LogP contribution < -0.4 is 5.73 Å². The van der Waals surface area contributed by atoms with Crippen LogP contribution in [-0.2, 0) is 14.3 Å². The minimum Gasteiger partial charge on any atom is -0.480 e. The van der Waals surface area contributed by atoms with Gasteiger partial charge in [-0.3, -0.25) is 4.79 Å². The third-order valence-electron chi connectivity index (χ3n) is 3.02. The van der Waals surface area contributed by atoms with Gasteiger partial charge in [0.15, 0.2) is 0 Å². The van der Waals surface area contributed by atoms with Crippen molar-refractivity contribution in [1.29, 1.82) is 0 Å². The molecule has 17 heavy (non-hydrogen) atoms. The molecule has 1 fully saturated rings. The van der Waals surface area contributed by atoms with Crippen molar-refractivity contribution in [3.63, 3.8) is 0 Å². The van der Waals surface area contributed by atoms with Gasteiger partial charge in [-0.2, -0.15) is 0 Å². The van der Waals surface area contributed by atoms with Crippen molar-refractivity contribution in [3.8, 4) is 0 Å². The lowest BCUT2D eigenvalue weighted by atomic mass is 10.0. The molecule has 0 aliphatic carbocycles. The number of ether oxygens (including phenoxy) is 1. The summed E-state index contributed by atoms with van der Waals surface area (Å²) < 4.78 is 4.86. The molecule has 0 aromatic heterocycles. The van der Waals surface area contributed by atoms with Gasteiger partial charge in [-0.25, -0.2) is 4.79 Å². The second-order valence-corrected chi connectivity index (χ2v) is 4.27. The van der Waals surface area contributed by atoms with Crippen LogP contribution >= 0.6 is 0 Å². The first-order valence-electron chi connectivity index (χ1n) is 5.85. The summed E-state index contributed by atoms with van der Waals surface area (Å²) in [5.74, 6) is -1.23. The molecule has 3 N–H and O–H groups in total. The molecule has 1 saturated heterocycles. The number of carboxylic acids is 1. The average Bonchev–Trinajstić information content (AvgIpc) is 2.34. The molecule has 0 aromatic rings. The molecule has 2 atom stereocenters. The molecule has 1 unspecified atom stereocenters. The van der Waals surface area contributed by atoms with E-state index >= 15 is 0 Å². The number of rotatable bonds is 5. The van der Waals surface area contributed by atoms with E-state index in [0.29, 0.717) is 26.0 Å². The van der Waals surface area contributed by atoms with Crippen LogP contribution in [0.4, 0.5) is 0 Å². The van der Waals surface area contributed by atoms with Gasteiger partial charge in [0.25, 0.3) is 0 Å². The molecule has 0 aromatic carbocycles. The van der Waals surface area contributed by atoms with E-state index in [0.717, 1.165) is 12.8 Å². The molecule has 1 aliphatic heterocycles. The first-order chi connectivity index (χ1) is 8.07. The minimum absolute atomic E-state index is 0.283. The van der Waals surface area contributed by atoms with Crippen LogP contribution in [0.5, 0.6) is 0 Å². The van der Waals surface area contributed by atoms with Crippen LogP contribution in [0.3, 0.4) is 0 Å². The van der Waals surface area contributed by atoms with Crippen molar-refractivity contribution in [2.45, 2.75) is 37.8 Å². The lowest BCUT2D eigenvalue weighted by Gasteiger charge is -2.34. The minimum atomic E-state index is -0.947. The molecule has 6 nitrogen and oxygen atoms in total. The quantitative estimate of drug-likeness (QED) is 0.699. The lowest BCUT2D eigenvalue weighted by molar-refractivity contribution is -0.152. The maximum Gasteiger partial charge on any atom is 0.326 e. The van der Waals surface area contributed by atoms with Crippen molar-refractivity contribution >= 4 is 11.9 Å². The maximum atomic E-state index is 12.0. The van der Waals surface area contributed by atoms with Gasteiger partial charge in [-0.1, -0.05) is 0 Å². The summed E-state index contributed by atoms with van der Waals surface area (Å²) in [4.78, 5) is 24.4. The van der Waals surface area contributed by atoms with Gasteiger partial charge >= 0.3 is 5.97 Å². The monoisotopic (exact) mass is 244 g/mol. The largest absolute Gasteiger partial charge is 0.480 e. The van der Waals surface area contributed by atoms with Gasteiger partial charge in [0.05, 0.1) is 6.04 Å². The van der Waals surface area contributed by atoms with Crippen LogP contribution in [0.15, 0.2) is 0 Å². The number of piperidine rings is 1. The van der Waals surface area contributed by atoms with Crippen LogP contribution in [0.25, 0.3) is 0 Å². The van der Waals surface area contributed by atoms with E-state index in [2.05, 4.69) is 0 Å². The predicted molar refractivity (Wildman–Crippen MR) is 61.5 cm³/mol. The zero-order valence-corrected chi connectivity index (χ0v) is 10.1. The molecule has 6 heteroatoms. The van der Waals surface area contributed by atoms with Crippen molar-refractivity contribution in [2.24, 2.45) is 5.73 Å². The second-order valence-electron chi connectivity index (χ2n) is 4.27. The highest BCUT2D eigenvalue weighted by Crippen LogP contribution is 2.18. The molecule has 0 bridgehead atoms. The van der Waals surface area contributed by atoms with E-state index in [-0.39, 0.29) is 5.91 Å². The Balaban J connectivity index is 2.61. The topological polar surface area (TPSA) is 92.9 Å². The molecular formula is C11H20N2O4. The van der Waals surface area contributed by atoms with Gasteiger partial charge in [-0.15, -0.1) is 0 Å². The summed E-state index contributed by atoms with van der Waals surface area (Å²) in [5.41, 5.74) is 5.73. The van der Waals surface area contributed by atoms with Gasteiger partial charge < -0.3 is 20.5 Å². The Bertz CT molecular complexity index is 283. The summed E-state index contributed by atoms with van der Waals surface area (Å²) in [6.07, 6.45) is 2.61. The van der Waals surface area contributed by atoms with Crippen molar-refractivity contribution in [1.82, 2.24) is 4.90 Å². The average molecular weight is 244 g/mol. The Morgan fingerprint density at radius 1 is 1.53 bits per heavy atom. The fourth-order valence-corrected chi connectivity index (χ4v) is 2.03. The fraction of sp³-hybridized carbons (Fsp3) is 0.818. The number of nitrogens with two attached hydrogens (primary N) is 1. The van der Waals surface area contributed by atoms with Crippen LogP contribution in [0, 0.1) is 0 Å². The number of carbonyl (C=O) groups excluding carboxylic acids is 1. The summed E-state index contributed by atoms with van der Waals surface area (Å²) in [6, 6.07) is -1.39. The predicted octanol–water partition coefficient (Wildman–Crippen LogP) is -0.184. The van der Waals surface area contributed by atoms with Crippen molar-refractivity contribution < 1.29 is 19.4 Å². The third-order valence-corrected chi connectivity index (χ3v) is 3.02. The maximum absolute atomic E-state index is 12.0. The van der Waals surface area contributed by atoms with E-state index in [1.807, 2.05) is 0 Å².